The van der Waals surface area contributed by atoms with Crippen molar-refractivity contribution in [1.29, 1.82) is 0 Å². The average molecular weight is 138 g/mol. The van der Waals surface area contributed by atoms with Gasteiger partial charge in [0.25, 0.3) is 0 Å². The maximum absolute atomic E-state index is 8.67. The minimum Gasteiger partial charge on any atom is -0.390 e. The van der Waals surface area contributed by atoms with Gasteiger partial charge in [-0.1, -0.05) is 6.07 Å². The molecule has 54 valence electrons. The minimum absolute atomic E-state index is 0.00444. The number of aliphatic hydroxyl groups excluding tert-OH is 1. The summed E-state index contributed by atoms with van der Waals surface area (Å²) in [5.74, 6) is 0.784. The van der Waals surface area contributed by atoms with Gasteiger partial charge in [0.05, 0.1) is 12.3 Å². The fraction of sp³-hybridized carbons (Fsp3) is 0.286. The van der Waals surface area contributed by atoms with Gasteiger partial charge >= 0.3 is 0 Å². The maximum Gasteiger partial charge on any atom is 0.126 e. The number of hydrogen-bond donors (Lipinski definition) is 2. The van der Waals surface area contributed by atoms with Crippen molar-refractivity contribution in [3.8, 4) is 0 Å². The molecule has 3 nitrogen and oxygen atoms in total. The van der Waals surface area contributed by atoms with Crippen molar-refractivity contribution in [2.24, 2.45) is 0 Å². The largest absolute Gasteiger partial charge is 0.390 e. The number of aromatic nitrogens is 1. The van der Waals surface area contributed by atoms with E-state index < -0.39 is 0 Å². The highest BCUT2D eigenvalue weighted by atomic mass is 16.3. The van der Waals surface area contributed by atoms with E-state index in [0.29, 0.717) is 5.69 Å². The van der Waals surface area contributed by atoms with Crippen LogP contribution >= 0.6 is 0 Å². The van der Waals surface area contributed by atoms with Crippen LogP contribution in [0.25, 0.3) is 0 Å². The zero-order valence-corrected chi connectivity index (χ0v) is 5.83. The highest BCUT2D eigenvalue weighted by Gasteiger charge is 1.91. The number of aliphatic hydroxyl groups is 1. The quantitative estimate of drug-likeness (QED) is 0.629. The van der Waals surface area contributed by atoms with E-state index in [1.165, 1.54) is 0 Å². The van der Waals surface area contributed by atoms with Crippen LogP contribution in [0.2, 0.25) is 0 Å². The monoisotopic (exact) mass is 138 g/mol. The third kappa shape index (κ3) is 1.45. The van der Waals surface area contributed by atoms with Gasteiger partial charge < -0.3 is 10.4 Å². The summed E-state index contributed by atoms with van der Waals surface area (Å²) >= 11 is 0. The normalized spacial score (nSPS) is 9.40. The number of pyridine rings is 1. The first-order valence-electron chi connectivity index (χ1n) is 3.11. The first-order chi connectivity index (χ1) is 4.86. The summed E-state index contributed by atoms with van der Waals surface area (Å²) in [5, 5.41) is 11.5. The van der Waals surface area contributed by atoms with Crippen LogP contribution < -0.4 is 5.32 Å². The van der Waals surface area contributed by atoms with Gasteiger partial charge in [-0.15, -0.1) is 0 Å². The van der Waals surface area contributed by atoms with Crippen molar-refractivity contribution in [3.05, 3.63) is 23.9 Å². The van der Waals surface area contributed by atoms with Gasteiger partial charge in [0.2, 0.25) is 0 Å². The third-order valence-electron chi connectivity index (χ3n) is 1.22. The Morgan fingerprint density at radius 3 is 3.00 bits per heavy atom. The molecule has 0 atom stereocenters. The van der Waals surface area contributed by atoms with Gasteiger partial charge in [0, 0.05) is 7.05 Å². The zero-order chi connectivity index (χ0) is 7.40. The lowest BCUT2D eigenvalue weighted by atomic mass is 10.3. The molecule has 1 aromatic heterocycles. The summed E-state index contributed by atoms with van der Waals surface area (Å²) in [7, 11) is 1.80. The molecule has 0 saturated carbocycles. The van der Waals surface area contributed by atoms with Crippen molar-refractivity contribution >= 4 is 5.82 Å². The predicted octanol–water partition coefficient (Wildman–Crippen LogP) is 0.616. The zero-order valence-electron chi connectivity index (χ0n) is 5.83. The number of anilines is 1. The lowest BCUT2D eigenvalue weighted by Crippen LogP contribution is -1.95. The Kier molecular flexibility index (Phi) is 2.23. The van der Waals surface area contributed by atoms with Gasteiger partial charge in [0.1, 0.15) is 5.82 Å². The van der Waals surface area contributed by atoms with Crippen LogP contribution in [0, 0.1) is 0 Å². The molecule has 10 heavy (non-hydrogen) atoms. The van der Waals surface area contributed by atoms with E-state index in [2.05, 4.69) is 10.3 Å². The van der Waals surface area contributed by atoms with Crippen molar-refractivity contribution < 1.29 is 5.11 Å². The number of rotatable bonds is 2. The first kappa shape index (κ1) is 7.02. The molecule has 1 rings (SSSR count). The molecule has 2 N–H and O–H groups in total. The summed E-state index contributed by atoms with van der Waals surface area (Å²) in [4.78, 5) is 4.05. The number of nitrogens with zero attached hydrogens (tertiary/aromatic N) is 1. The Hall–Kier alpha value is -1.09. The predicted molar refractivity (Wildman–Crippen MR) is 39.7 cm³/mol. The second-order valence-corrected chi connectivity index (χ2v) is 1.92. The number of nitrogens with one attached hydrogen (secondary N) is 1. The number of hydrogen-bond acceptors (Lipinski definition) is 3. The van der Waals surface area contributed by atoms with Gasteiger partial charge in [-0.25, -0.2) is 4.98 Å². The summed E-state index contributed by atoms with van der Waals surface area (Å²) in [6.07, 6.45) is 0. The molecule has 1 heterocycles. The SMILES string of the molecule is CNc1cccc(CO)n1. The Bertz CT molecular complexity index is 193. The maximum atomic E-state index is 8.67. The fourth-order valence-corrected chi connectivity index (χ4v) is 0.707. The Morgan fingerprint density at radius 1 is 1.60 bits per heavy atom. The minimum atomic E-state index is -0.00444. The third-order valence-corrected chi connectivity index (χ3v) is 1.22. The fourth-order valence-electron chi connectivity index (χ4n) is 0.707. The summed E-state index contributed by atoms with van der Waals surface area (Å²) in [5.41, 5.74) is 0.687. The standard InChI is InChI=1S/C7H10N2O/c1-8-7-4-2-3-6(5-10)9-7/h2-4,10H,5H2,1H3,(H,8,9). The molecule has 0 saturated heterocycles. The van der Waals surface area contributed by atoms with Crippen molar-refractivity contribution in [1.82, 2.24) is 4.98 Å². The molecule has 0 amide bonds. The highest BCUT2D eigenvalue weighted by Crippen LogP contribution is 2.02. The van der Waals surface area contributed by atoms with Crippen LogP contribution in [0.5, 0.6) is 0 Å². The molecule has 0 aliphatic heterocycles. The van der Waals surface area contributed by atoms with Crippen LogP contribution in [0.3, 0.4) is 0 Å². The van der Waals surface area contributed by atoms with E-state index in [-0.39, 0.29) is 6.61 Å². The molecule has 0 aliphatic rings. The molecule has 0 aromatic carbocycles. The van der Waals surface area contributed by atoms with Crippen LogP contribution in [-0.2, 0) is 6.61 Å². The molecule has 0 radical (unpaired) electrons. The topological polar surface area (TPSA) is 45.1 Å². The van der Waals surface area contributed by atoms with Crippen LogP contribution in [0.4, 0.5) is 5.82 Å². The molecule has 0 unspecified atom stereocenters. The van der Waals surface area contributed by atoms with Crippen LogP contribution in [-0.4, -0.2) is 17.1 Å². The van der Waals surface area contributed by atoms with E-state index in [1.54, 1.807) is 13.1 Å². The van der Waals surface area contributed by atoms with E-state index >= 15 is 0 Å². The van der Waals surface area contributed by atoms with Crippen molar-refractivity contribution in [3.63, 3.8) is 0 Å². The van der Waals surface area contributed by atoms with E-state index in [9.17, 15) is 0 Å². The van der Waals surface area contributed by atoms with Crippen molar-refractivity contribution in [2.75, 3.05) is 12.4 Å². The molecule has 3 heteroatoms. The van der Waals surface area contributed by atoms with Gasteiger partial charge in [-0.3, -0.25) is 0 Å². The van der Waals surface area contributed by atoms with Gasteiger partial charge in [-0.2, -0.15) is 0 Å². The smallest absolute Gasteiger partial charge is 0.126 e. The Labute approximate surface area is 59.7 Å². The molecule has 1 aromatic rings. The van der Waals surface area contributed by atoms with E-state index in [0.717, 1.165) is 5.82 Å². The summed E-state index contributed by atoms with van der Waals surface area (Å²) < 4.78 is 0. The van der Waals surface area contributed by atoms with Gasteiger partial charge in [0.15, 0.2) is 0 Å². The molecule has 0 spiro atoms. The van der Waals surface area contributed by atoms with Crippen LogP contribution in [0.1, 0.15) is 5.69 Å². The Balaban J connectivity index is 2.87. The second-order valence-electron chi connectivity index (χ2n) is 1.92. The lowest BCUT2D eigenvalue weighted by Gasteiger charge is -1.99. The molecular formula is C7H10N2O. The second kappa shape index (κ2) is 3.17. The average Bonchev–Trinajstić information content (AvgIpc) is 2.05. The molecule has 0 aliphatic carbocycles. The molecule has 0 bridgehead atoms. The van der Waals surface area contributed by atoms with Crippen molar-refractivity contribution in [2.45, 2.75) is 6.61 Å². The van der Waals surface area contributed by atoms with Gasteiger partial charge in [-0.05, 0) is 12.1 Å². The summed E-state index contributed by atoms with van der Waals surface area (Å²) in [6, 6.07) is 5.48. The highest BCUT2D eigenvalue weighted by molar-refractivity contribution is 5.33. The lowest BCUT2D eigenvalue weighted by molar-refractivity contribution is 0.277. The summed E-state index contributed by atoms with van der Waals surface area (Å²) in [6.45, 7) is -0.00444. The first-order valence-corrected chi connectivity index (χ1v) is 3.11. The Morgan fingerprint density at radius 2 is 2.40 bits per heavy atom. The van der Waals surface area contributed by atoms with E-state index in [1.807, 2.05) is 12.1 Å². The van der Waals surface area contributed by atoms with E-state index in [4.69, 9.17) is 5.11 Å². The molecular weight excluding hydrogens is 128 g/mol. The van der Waals surface area contributed by atoms with Crippen LogP contribution in [0.15, 0.2) is 18.2 Å². The molecule has 0 fully saturated rings.